The molecule has 0 bridgehead atoms. The number of nitriles is 1. The molecule has 1 aliphatic rings. The molecule has 0 aromatic carbocycles. The number of rotatable bonds is 6. The van der Waals surface area contributed by atoms with E-state index in [0.29, 0.717) is 6.42 Å². The van der Waals surface area contributed by atoms with Crippen LogP contribution in [0, 0.1) is 11.3 Å². The maximum absolute atomic E-state index is 8.54. The van der Waals surface area contributed by atoms with Crippen molar-refractivity contribution in [2.24, 2.45) is 0 Å². The molecular weight excluding hydrogens is 242 g/mol. The molecule has 0 spiro atoms. The Morgan fingerprint density at radius 1 is 1.44 bits per heavy atom. The largest absolute Gasteiger partial charge is 0.326 e. The number of aryl methyl sites for hydroxylation is 1. The first-order chi connectivity index (χ1) is 8.90. The van der Waals surface area contributed by atoms with Crippen molar-refractivity contribution in [2.75, 3.05) is 5.75 Å². The third-order valence-corrected chi connectivity index (χ3v) is 4.19. The van der Waals surface area contributed by atoms with Gasteiger partial charge in [0, 0.05) is 31.1 Å². The van der Waals surface area contributed by atoms with Gasteiger partial charge in [0.1, 0.15) is 0 Å². The average molecular weight is 261 g/mol. The van der Waals surface area contributed by atoms with Gasteiger partial charge in [-0.1, -0.05) is 23.4 Å². The second-order valence-corrected chi connectivity index (χ2v) is 5.58. The van der Waals surface area contributed by atoms with Crippen LogP contribution in [-0.2, 0) is 6.54 Å². The van der Waals surface area contributed by atoms with Gasteiger partial charge in [-0.05, 0) is 32.1 Å². The molecule has 18 heavy (non-hydrogen) atoms. The van der Waals surface area contributed by atoms with Crippen LogP contribution in [0.3, 0.4) is 0 Å². The van der Waals surface area contributed by atoms with Crippen LogP contribution in [0.4, 0.5) is 0 Å². The van der Waals surface area contributed by atoms with Crippen LogP contribution in [-0.4, -0.2) is 15.3 Å². The lowest BCUT2D eigenvalue weighted by molar-refractivity contribution is 0.595. The molecule has 0 unspecified atom stereocenters. The van der Waals surface area contributed by atoms with Gasteiger partial charge < -0.3 is 4.57 Å². The summed E-state index contributed by atoms with van der Waals surface area (Å²) in [5, 5.41) is 9.58. The molecule has 0 aliphatic heterocycles. The number of hydrogen-bond acceptors (Lipinski definition) is 3. The van der Waals surface area contributed by atoms with Crippen molar-refractivity contribution >= 4 is 11.8 Å². The molecule has 1 aromatic rings. The molecule has 0 radical (unpaired) electrons. The van der Waals surface area contributed by atoms with Crippen LogP contribution in [0.2, 0.25) is 0 Å². The summed E-state index contributed by atoms with van der Waals surface area (Å²) < 4.78 is 2.21. The minimum absolute atomic E-state index is 0.586. The maximum Gasteiger partial charge on any atom is 0.167 e. The fourth-order valence-corrected chi connectivity index (χ4v) is 3.02. The number of aromatic nitrogens is 2. The quantitative estimate of drug-likeness (QED) is 0.444. The molecule has 1 heterocycles. The fraction of sp³-hybridized carbons (Fsp3) is 0.571. The minimum Gasteiger partial charge on any atom is -0.326 e. The first-order valence-electron chi connectivity index (χ1n) is 6.59. The smallest absolute Gasteiger partial charge is 0.167 e. The average Bonchev–Trinajstić information content (AvgIpc) is 2.86. The Bertz CT molecular complexity index is 442. The van der Waals surface area contributed by atoms with Gasteiger partial charge in [-0.25, -0.2) is 4.98 Å². The van der Waals surface area contributed by atoms with Crippen molar-refractivity contribution in [3.05, 3.63) is 24.0 Å². The van der Waals surface area contributed by atoms with E-state index in [0.717, 1.165) is 23.9 Å². The number of allylic oxidation sites excluding steroid dienone is 2. The number of imidazole rings is 1. The Labute approximate surface area is 113 Å². The molecule has 2 rings (SSSR count). The summed E-state index contributed by atoms with van der Waals surface area (Å²) in [4.78, 5) is 4.35. The second-order valence-electron chi connectivity index (χ2n) is 4.52. The van der Waals surface area contributed by atoms with Crippen LogP contribution in [0.25, 0.3) is 0 Å². The van der Waals surface area contributed by atoms with Crippen molar-refractivity contribution in [1.82, 2.24) is 9.55 Å². The molecule has 4 heteroatoms. The predicted molar refractivity (Wildman–Crippen MR) is 74.3 cm³/mol. The van der Waals surface area contributed by atoms with E-state index in [9.17, 15) is 0 Å². The third kappa shape index (κ3) is 3.92. The van der Waals surface area contributed by atoms with Crippen LogP contribution in [0.1, 0.15) is 38.5 Å². The standard InChI is InChI=1S/C14H19N3S/c15-8-4-12-18-14-16-9-11-17(14)10-7-13-5-2-1-3-6-13/h5,9,11H,1-4,6-7,10,12H2. The van der Waals surface area contributed by atoms with E-state index >= 15 is 0 Å². The molecule has 0 saturated carbocycles. The van der Waals surface area contributed by atoms with Gasteiger partial charge in [0.05, 0.1) is 6.07 Å². The number of thioether (sulfide) groups is 1. The second kappa shape index (κ2) is 7.27. The zero-order valence-corrected chi connectivity index (χ0v) is 11.5. The Morgan fingerprint density at radius 3 is 3.17 bits per heavy atom. The van der Waals surface area contributed by atoms with Crippen molar-refractivity contribution < 1.29 is 0 Å². The topological polar surface area (TPSA) is 41.6 Å². The maximum atomic E-state index is 8.54. The highest BCUT2D eigenvalue weighted by molar-refractivity contribution is 7.99. The van der Waals surface area contributed by atoms with E-state index in [1.807, 2.05) is 12.4 Å². The first kappa shape index (κ1) is 13.2. The van der Waals surface area contributed by atoms with Crippen molar-refractivity contribution in [1.29, 1.82) is 5.26 Å². The molecule has 3 nitrogen and oxygen atoms in total. The van der Waals surface area contributed by atoms with Crippen LogP contribution < -0.4 is 0 Å². The highest BCUT2D eigenvalue weighted by Crippen LogP contribution is 2.22. The SMILES string of the molecule is N#CCCSc1nccn1CCC1=CCCCC1. The summed E-state index contributed by atoms with van der Waals surface area (Å²) in [7, 11) is 0. The van der Waals surface area contributed by atoms with Gasteiger partial charge in [-0.3, -0.25) is 0 Å². The van der Waals surface area contributed by atoms with Crippen LogP contribution in [0.15, 0.2) is 29.2 Å². The Morgan fingerprint density at radius 2 is 2.39 bits per heavy atom. The zero-order valence-electron chi connectivity index (χ0n) is 10.6. The van der Waals surface area contributed by atoms with Gasteiger partial charge in [0.15, 0.2) is 5.16 Å². The summed E-state index contributed by atoms with van der Waals surface area (Å²) in [5.41, 5.74) is 1.60. The van der Waals surface area contributed by atoms with Gasteiger partial charge in [0.2, 0.25) is 0 Å². The van der Waals surface area contributed by atoms with E-state index in [2.05, 4.69) is 21.7 Å². The molecule has 0 saturated heterocycles. The van der Waals surface area contributed by atoms with Gasteiger partial charge in [0.25, 0.3) is 0 Å². The molecule has 96 valence electrons. The van der Waals surface area contributed by atoms with Gasteiger partial charge >= 0.3 is 0 Å². The van der Waals surface area contributed by atoms with Crippen LogP contribution in [0.5, 0.6) is 0 Å². The third-order valence-electron chi connectivity index (χ3n) is 3.18. The summed E-state index contributed by atoms with van der Waals surface area (Å²) in [6.45, 7) is 1.01. The van der Waals surface area contributed by atoms with Gasteiger partial charge in [-0.15, -0.1) is 0 Å². The summed E-state index contributed by atoms with van der Waals surface area (Å²) in [6, 6.07) is 2.17. The Balaban J connectivity index is 1.83. The number of nitrogens with zero attached hydrogens (tertiary/aromatic N) is 3. The lowest BCUT2D eigenvalue weighted by Crippen LogP contribution is -2.02. The Kier molecular flexibility index (Phi) is 5.35. The van der Waals surface area contributed by atoms with E-state index < -0.39 is 0 Å². The number of hydrogen-bond donors (Lipinski definition) is 0. The zero-order chi connectivity index (χ0) is 12.6. The van der Waals surface area contributed by atoms with E-state index in [-0.39, 0.29) is 0 Å². The van der Waals surface area contributed by atoms with Crippen molar-refractivity contribution in [2.45, 2.75) is 50.2 Å². The van der Waals surface area contributed by atoms with E-state index in [4.69, 9.17) is 5.26 Å². The highest BCUT2D eigenvalue weighted by Gasteiger charge is 2.06. The van der Waals surface area contributed by atoms with E-state index in [1.165, 1.54) is 25.7 Å². The first-order valence-corrected chi connectivity index (χ1v) is 7.57. The van der Waals surface area contributed by atoms with Gasteiger partial charge in [-0.2, -0.15) is 5.26 Å². The monoisotopic (exact) mass is 261 g/mol. The summed E-state index contributed by atoms with van der Waals surface area (Å²) in [5.74, 6) is 0.830. The summed E-state index contributed by atoms with van der Waals surface area (Å²) >= 11 is 1.67. The molecule has 0 fully saturated rings. The molecule has 0 N–H and O–H groups in total. The normalized spacial score (nSPS) is 15.2. The molecule has 0 atom stereocenters. The predicted octanol–water partition coefficient (Wildman–Crippen LogP) is 3.78. The summed E-state index contributed by atoms with van der Waals surface area (Å²) in [6.07, 6.45) is 13.2. The highest BCUT2D eigenvalue weighted by atomic mass is 32.2. The van der Waals surface area contributed by atoms with Crippen molar-refractivity contribution in [3.63, 3.8) is 0 Å². The lowest BCUT2D eigenvalue weighted by atomic mass is 9.97. The molecule has 0 amide bonds. The minimum atomic E-state index is 0.586. The van der Waals surface area contributed by atoms with Crippen molar-refractivity contribution in [3.8, 4) is 6.07 Å². The molecule has 1 aliphatic carbocycles. The molecule has 1 aromatic heterocycles. The lowest BCUT2D eigenvalue weighted by Gasteiger charge is -2.13. The van der Waals surface area contributed by atoms with E-state index in [1.54, 1.807) is 17.3 Å². The van der Waals surface area contributed by atoms with Crippen LogP contribution >= 0.6 is 11.8 Å². The fourth-order valence-electron chi connectivity index (χ4n) is 2.19. The molecular formula is C14H19N3S. The Hall–Kier alpha value is -1.21.